The summed E-state index contributed by atoms with van der Waals surface area (Å²) in [5.41, 5.74) is 6.37. The fourth-order valence-corrected chi connectivity index (χ4v) is 1.54. The van der Waals surface area contributed by atoms with Crippen molar-refractivity contribution in [1.29, 1.82) is 0 Å². The summed E-state index contributed by atoms with van der Waals surface area (Å²) in [6.07, 6.45) is 0.565. The second-order valence-electron chi connectivity index (χ2n) is 4.59. The molecule has 0 spiro atoms. The number of nitrogens with one attached hydrogen (secondary N) is 1. The average Bonchev–Trinajstić information content (AvgIpc) is 2.33. The third-order valence-corrected chi connectivity index (χ3v) is 2.68. The van der Waals surface area contributed by atoms with Gasteiger partial charge in [-0.3, -0.25) is 0 Å². The Balaban J connectivity index is 2.59. The molecule has 0 radical (unpaired) electrons. The Bertz CT molecular complexity index is 380. The SMILES string of the molecule is COCCC(C)(O)CNc1cc(N)cc(OC)c1. The summed E-state index contributed by atoms with van der Waals surface area (Å²) in [4.78, 5) is 0. The van der Waals surface area contributed by atoms with Crippen LogP contribution in [0.1, 0.15) is 13.3 Å². The molecule has 4 N–H and O–H groups in total. The summed E-state index contributed by atoms with van der Waals surface area (Å²) >= 11 is 0. The average molecular weight is 254 g/mol. The second kappa shape index (κ2) is 6.47. The van der Waals surface area contributed by atoms with Gasteiger partial charge < -0.3 is 25.6 Å². The highest BCUT2D eigenvalue weighted by Crippen LogP contribution is 2.23. The molecule has 0 fully saturated rings. The number of hydrogen-bond donors (Lipinski definition) is 3. The fourth-order valence-electron chi connectivity index (χ4n) is 1.54. The molecule has 0 aliphatic carbocycles. The molecule has 0 amide bonds. The highest BCUT2D eigenvalue weighted by molar-refractivity contribution is 5.59. The zero-order valence-corrected chi connectivity index (χ0v) is 11.2. The Morgan fingerprint density at radius 3 is 2.67 bits per heavy atom. The maximum Gasteiger partial charge on any atom is 0.122 e. The highest BCUT2D eigenvalue weighted by atomic mass is 16.5. The van der Waals surface area contributed by atoms with Crippen LogP contribution in [-0.2, 0) is 4.74 Å². The fraction of sp³-hybridized carbons (Fsp3) is 0.538. The minimum Gasteiger partial charge on any atom is -0.497 e. The summed E-state index contributed by atoms with van der Waals surface area (Å²) in [7, 11) is 3.21. The van der Waals surface area contributed by atoms with E-state index in [2.05, 4.69) is 5.32 Å². The maximum absolute atomic E-state index is 10.1. The lowest BCUT2D eigenvalue weighted by molar-refractivity contribution is 0.0357. The summed E-state index contributed by atoms with van der Waals surface area (Å²) in [5.74, 6) is 0.689. The molecule has 0 saturated heterocycles. The Morgan fingerprint density at radius 1 is 1.33 bits per heavy atom. The number of rotatable bonds is 7. The molecule has 0 aromatic heterocycles. The molecule has 1 aromatic rings. The van der Waals surface area contributed by atoms with Gasteiger partial charge in [0.15, 0.2) is 0 Å². The molecule has 0 aliphatic rings. The third-order valence-electron chi connectivity index (χ3n) is 2.68. The number of benzene rings is 1. The number of ether oxygens (including phenoxy) is 2. The van der Waals surface area contributed by atoms with Gasteiger partial charge in [-0.1, -0.05) is 0 Å². The topological polar surface area (TPSA) is 76.7 Å². The molecular formula is C13H22N2O3. The summed E-state index contributed by atoms with van der Waals surface area (Å²) in [5, 5.41) is 13.2. The molecule has 0 aliphatic heterocycles. The van der Waals surface area contributed by atoms with Crippen LogP contribution >= 0.6 is 0 Å². The van der Waals surface area contributed by atoms with Gasteiger partial charge in [0.2, 0.25) is 0 Å². The number of anilines is 2. The quantitative estimate of drug-likeness (QED) is 0.642. The van der Waals surface area contributed by atoms with E-state index >= 15 is 0 Å². The number of hydrogen-bond acceptors (Lipinski definition) is 5. The zero-order chi connectivity index (χ0) is 13.6. The van der Waals surface area contributed by atoms with Gasteiger partial charge in [0, 0.05) is 50.2 Å². The highest BCUT2D eigenvalue weighted by Gasteiger charge is 2.19. The van der Waals surface area contributed by atoms with Crippen molar-refractivity contribution in [2.75, 3.05) is 38.4 Å². The van der Waals surface area contributed by atoms with Crippen molar-refractivity contribution in [1.82, 2.24) is 0 Å². The van der Waals surface area contributed by atoms with Gasteiger partial charge in [-0.25, -0.2) is 0 Å². The Morgan fingerprint density at radius 2 is 2.06 bits per heavy atom. The van der Waals surface area contributed by atoms with Crippen molar-refractivity contribution in [3.8, 4) is 5.75 Å². The van der Waals surface area contributed by atoms with E-state index in [1.54, 1.807) is 33.3 Å². The molecule has 0 heterocycles. The molecule has 18 heavy (non-hydrogen) atoms. The predicted octanol–water partition coefficient (Wildman–Crippen LogP) is 1.48. The first-order chi connectivity index (χ1) is 8.46. The first-order valence-corrected chi connectivity index (χ1v) is 5.86. The van der Waals surface area contributed by atoms with Crippen LogP contribution in [0, 0.1) is 0 Å². The van der Waals surface area contributed by atoms with Crippen molar-refractivity contribution < 1.29 is 14.6 Å². The lowest BCUT2D eigenvalue weighted by Gasteiger charge is -2.24. The van der Waals surface area contributed by atoms with Crippen molar-refractivity contribution >= 4 is 11.4 Å². The van der Waals surface area contributed by atoms with Gasteiger partial charge in [-0.15, -0.1) is 0 Å². The molecule has 1 aromatic carbocycles. The summed E-state index contributed by atoms with van der Waals surface area (Å²) in [6.45, 7) is 2.71. The first kappa shape index (κ1) is 14.6. The Labute approximate surface area is 108 Å². The van der Waals surface area contributed by atoms with Crippen LogP contribution in [0.15, 0.2) is 18.2 Å². The Hall–Kier alpha value is -1.46. The van der Waals surface area contributed by atoms with Gasteiger partial charge in [-0.05, 0) is 13.0 Å². The minimum absolute atomic E-state index is 0.420. The van der Waals surface area contributed by atoms with Gasteiger partial charge in [0.05, 0.1) is 12.7 Å². The molecular weight excluding hydrogens is 232 g/mol. The van der Waals surface area contributed by atoms with Crippen LogP contribution < -0.4 is 15.8 Å². The van der Waals surface area contributed by atoms with Gasteiger partial charge in [0.1, 0.15) is 5.75 Å². The van der Waals surface area contributed by atoms with Gasteiger partial charge in [0.25, 0.3) is 0 Å². The van der Waals surface area contributed by atoms with E-state index in [1.807, 2.05) is 6.07 Å². The summed E-state index contributed by atoms with van der Waals surface area (Å²) < 4.78 is 10.1. The molecule has 5 nitrogen and oxygen atoms in total. The van der Waals surface area contributed by atoms with Crippen LogP contribution in [0.5, 0.6) is 5.75 Å². The van der Waals surface area contributed by atoms with Crippen LogP contribution in [0.25, 0.3) is 0 Å². The van der Waals surface area contributed by atoms with Gasteiger partial charge in [-0.2, -0.15) is 0 Å². The second-order valence-corrected chi connectivity index (χ2v) is 4.59. The number of methoxy groups -OCH3 is 2. The zero-order valence-electron chi connectivity index (χ0n) is 11.2. The van der Waals surface area contributed by atoms with Crippen LogP contribution in [0.4, 0.5) is 11.4 Å². The van der Waals surface area contributed by atoms with Crippen molar-refractivity contribution in [2.24, 2.45) is 0 Å². The molecule has 1 atom stereocenters. The molecule has 5 heteroatoms. The van der Waals surface area contributed by atoms with Crippen molar-refractivity contribution in [2.45, 2.75) is 18.9 Å². The van der Waals surface area contributed by atoms with E-state index in [4.69, 9.17) is 15.2 Å². The van der Waals surface area contributed by atoms with E-state index in [0.29, 0.717) is 31.0 Å². The monoisotopic (exact) mass is 254 g/mol. The number of aliphatic hydroxyl groups is 1. The minimum atomic E-state index is -0.826. The lowest BCUT2D eigenvalue weighted by atomic mass is 10.0. The smallest absolute Gasteiger partial charge is 0.122 e. The molecule has 1 unspecified atom stereocenters. The van der Waals surface area contributed by atoms with Crippen LogP contribution in [0.2, 0.25) is 0 Å². The van der Waals surface area contributed by atoms with Crippen molar-refractivity contribution in [3.63, 3.8) is 0 Å². The van der Waals surface area contributed by atoms with E-state index in [0.717, 1.165) is 5.69 Å². The molecule has 1 rings (SSSR count). The largest absolute Gasteiger partial charge is 0.497 e. The number of nitrogen functional groups attached to an aromatic ring is 1. The standard InChI is InChI=1S/C13H22N2O3/c1-13(16,4-5-17-2)9-15-11-6-10(14)7-12(8-11)18-3/h6-8,15-16H,4-5,9,14H2,1-3H3. The number of nitrogens with two attached hydrogens (primary N) is 1. The van der Waals surface area contributed by atoms with Crippen molar-refractivity contribution in [3.05, 3.63) is 18.2 Å². The first-order valence-electron chi connectivity index (χ1n) is 5.86. The van der Waals surface area contributed by atoms with E-state index in [9.17, 15) is 5.11 Å². The summed E-state index contributed by atoms with van der Waals surface area (Å²) in [6, 6.07) is 5.38. The van der Waals surface area contributed by atoms with Crippen LogP contribution in [0.3, 0.4) is 0 Å². The molecule has 0 saturated carbocycles. The lowest BCUT2D eigenvalue weighted by Crippen LogP contribution is -2.34. The maximum atomic E-state index is 10.1. The third kappa shape index (κ3) is 4.81. The Kier molecular flexibility index (Phi) is 5.25. The molecule has 0 bridgehead atoms. The van der Waals surface area contributed by atoms with E-state index in [1.165, 1.54) is 0 Å². The van der Waals surface area contributed by atoms with E-state index < -0.39 is 5.60 Å². The normalized spacial score (nSPS) is 14.0. The van der Waals surface area contributed by atoms with Gasteiger partial charge >= 0.3 is 0 Å². The van der Waals surface area contributed by atoms with Crippen LogP contribution in [-0.4, -0.2) is 38.1 Å². The predicted molar refractivity (Wildman–Crippen MR) is 73.0 cm³/mol. The van der Waals surface area contributed by atoms with E-state index in [-0.39, 0.29) is 0 Å². The molecule has 102 valence electrons.